The Morgan fingerprint density at radius 1 is 1.28 bits per heavy atom. The fourth-order valence-corrected chi connectivity index (χ4v) is 4.38. The van der Waals surface area contributed by atoms with E-state index in [-0.39, 0.29) is 36.9 Å². The topological polar surface area (TPSA) is 165 Å². The van der Waals surface area contributed by atoms with E-state index in [0.29, 0.717) is 57.5 Å². The number of benzene rings is 1. The van der Waals surface area contributed by atoms with Crippen molar-refractivity contribution in [2.45, 2.75) is 11.2 Å². The summed E-state index contributed by atoms with van der Waals surface area (Å²) in [5.41, 5.74) is 7.68. The van der Waals surface area contributed by atoms with E-state index in [4.69, 9.17) is 15.2 Å². The van der Waals surface area contributed by atoms with Gasteiger partial charge < -0.3 is 36.1 Å². The predicted molar refractivity (Wildman–Crippen MR) is 134 cm³/mol. The van der Waals surface area contributed by atoms with Crippen molar-refractivity contribution in [3.63, 3.8) is 0 Å². The molecule has 0 fully saturated rings. The first-order valence-electron chi connectivity index (χ1n) is 11.2. The molecule has 1 amide bonds. The predicted octanol–water partition coefficient (Wildman–Crippen LogP) is 1.85. The molecule has 2 aliphatic rings. The SMILES string of the molecule is CNc1cc(F)cc2c1[nH]c1nc3nc(c12)N[C@H](CN)COCCNC(=O)CSc1ncc(cn1)O3. The summed E-state index contributed by atoms with van der Waals surface area (Å²) in [6.07, 6.45) is 2.96. The molecule has 188 valence electrons. The zero-order valence-electron chi connectivity index (χ0n) is 19.3. The summed E-state index contributed by atoms with van der Waals surface area (Å²) < 4.78 is 26.0. The van der Waals surface area contributed by atoms with Crippen LogP contribution in [0.2, 0.25) is 0 Å². The minimum absolute atomic E-state index is 0.0317. The van der Waals surface area contributed by atoms with Crippen LogP contribution in [0, 0.1) is 5.82 Å². The Balaban J connectivity index is 1.60. The van der Waals surface area contributed by atoms with Crippen molar-refractivity contribution in [1.29, 1.82) is 0 Å². The van der Waals surface area contributed by atoms with Crippen LogP contribution in [-0.2, 0) is 9.53 Å². The second-order valence-corrected chi connectivity index (χ2v) is 8.87. The number of rotatable bonds is 2. The molecule has 0 spiro atoms. The van der Waals surface area contributed by atoms with Gasteiger partial charge in [0.15, 0.2) is 10.9 Å². The number of nitrogens with two attached hydrogens (primary N) is 1. The molecule has 3 aromatic heterocycles. The molecule has 36 heavy (non-hydrogen) atoms. The number of fused-ring (bicyclic) bond motifs is 14. The number of anilines is 2. The highest BCUT2D eigenvalue weighted by Crippen LogP contribution is 2.36. The number of nitrogens with zero attached hydrogens (tertiary/aromatic N) is 4. The molecular formula is C22H24FN9O3S. The monoisotopic (exact) mass is 513 g/mol. The van der Waals surface area contributed by atoms with E-state index in [0.717, 1.165) is 0 Å². The van der Waals surface area contributed by atoms with E-state index in [1.165, 1.54) is 36.3 Å². The quantitative estimate of drug-likeness (QED) is 0.196. The summed E-state index contributed by atoms with van der Waals surface area (Å²) in [6, 6.07) is 2.52. The number of aromatic amines is 1. The summed E-state index contributed by atoms with van der Waals surface area (Å²) in [6.45, 7) is 1.15. The first-order valence-corrected chi connectivity index (χ1v) is 12.2. The van der Waals surface area contributed by atoms with Gasteiger partial charge in [0.2, 0.25) is 5.91 Å². The number of hydrogen-bond acceptors (Lipinski definition) is 11. The third kappa shape index (κ3) is 5.10. The summed E-state index contributed by atoms with van der Waals surface area (Å²) >= 11 is 1.20. The molecule has 0 saturated heterocycles. The number of hydrogen-bond donors (Lipinski definition) is 5. The van der Waals surface area contributed by atoms with Gasteiger partial charge in [0.1, 0.15) is 17.3 Å². The van der Waals surface area contributed by atoms with Gasteiger partial charge >= 0.3 is 6.01 Å². The molecule has 1 aromatic carbocycles. The standard InChI is InChI=1S/C22H24FN9O3S/c1-25-15-5-11(23)4-14-17-19-29-12(6-24)9-34-3-2-26-16(33)10-36-22-27-7-13(8-28-22)35-21(31-19)32-20(17)30-18(14)15/h4-5,7-8,12,25H,2-3,6,9-10,24H2,1H3,(H,26,33)(H2,29,30,31,32)/t12-/m1/s1. The highest BCUT2D eigenvalue weighted by molar-refractivity contribution is 7.99. The maximum Gasteiger partial charge on any atom is 0.326 e. The van der Waals surface area contributed by atoms with E-state index in [1.807, 2.05) is 0 Å². The normalized spacial score (nSPS) is 17.2. The second kappa shape index (κ2) is 10.5. The fourth-order valence-electron chi connectivity index (χ4n) is 3.76. The van der Waals surface area contributed by atoms with E-state index in [9.17, 15) is 9.18 Å². The molecule has 5 heterocycles. The molecule has 0 radical (unpaired) electrons. The van der Waals surface area contributed by atoms with Crippen molar-refractivity contribution in [2.24, 2.45) is 5.73 Å². The van der Waals surface area contributed by atoms with E-state index in [1.54, 1.807) is 7.05 Å². The summed E-state index contributed by atoms with van der Waals surface area (Å²) in [4.78, 5) is 32.8. The molecule has 4 aromatic rings. The molecule has 14 heteroatoms. The number of halogens is 1. The van der Waals surface area contributed by atoms with Crippen molar-refractivity contribution in [2.75, 3.05) is 49.7 Å². The third-order valence-electron chi connectivity index (χ3n) is 5.43. The van der Waals surface area contributed by atoms with Gasteiger partial charge in [0.05, 0.1) is 54.0 Å². The van der Waals surface area contributed by atoms with Crippen LogP contribution in [0.25, 0.3) is 21.9 Å². The van der Waals surface area contributed by atoms with Gasteiger partial charge in [-0.15, -0.1) is 0 Å². The van der Waals surface area contributed by atoms with E-state index >= 15 is 0 Å². The fraction of sp³-hybridized carbons (Fsp3) is 0.318. The largest absolute Gasteiger partial charge is 0.421 e. The van der Waals surface area contributed by atoms with Crippen LogP contribution >= 0.6 is 11.8 Å². The molecule has 6 N–H and O–H groups in total. The number of aromatic nitrogens is 5. The number of H-pyrrole nitrogens is 1. The van der Waals surface area contributed by atoms with Crippen LogP contribution in [0.3, 0.4) is 0 Å². The van der Waals surface area contributed by atoms with E-state index in [2.05, 4.69) is 40.9 Å². The van der Waals surface area contributed by atoms with Crippen LogP contribution < -0.4 is 26.4 Å². The molecule has 6 rings (SSSR count). The minimum Gasteiger partial charge on any atom is -0.421 e. The molecule has 1 atom stereocenters. The van der Waals surface area contributed by atoms with Gasteiger partial charge in [-0.05, 0) is 12.1 Å². The van der Waals surface area contributed by atoms with E-state index < -0.39 is 5.82 Å². The Hall–Kier alpha value is -3.75. The maximum absolute atomic E-state index is 14.4. The Bertz CT molecular complexity index is 1400. The Labute approximate surface area is 209 Å². The van der Waals surface area contributed by atoms with Crippen molar-refractivity contribution in [3.05, 3.63) is 30.3 Å². The maximum atomic E-state index is 14.4. The minimum atomic E-state index is -0.406. The zero-order valence-corrected chi connectivity index (χ0v) is 20.1. The average Bonchev–Trinajstić information content (AvgIpc) is 3.24. The lowest BCUT2D eigenvalue weighted by Gasteiger charge is -2.19. The van der Waals surface area contributed by atoms with Gasteiger partial charge in [0.25, 0.3) is 0 Å². The van der Waals surface area contributed by atoms with Gasteiger partial charge in [-0.2, -0.15) is 9.97 Å². The first kappa shape index (κ1) is 24.0. The number of ether oxygens (including phenoxy) is 2. The van der Waals surface area contributed by atoms with Crippen LogP contribution in [0.4, 0.5) is 15.9 Å². The molecule has 4 bridgehead atoms. The Kier molecular flexibility index (Phi) is 6.97. The second-order valence-electron chi connectivity index (χ2n) is 7.92. The average molecular weight is 514 g/mol. The van der Waals surface area contributed by atoms with Gasteiger partial charge in [-0.25, -0.2) is 14.4 Å². The summed E-state index contributed by atoms with van der Waals surface area (Å²) in [5.74, 6) is 0.325. The Morgan fingerprint density at radius 3 is 2.89 bits per heavy atom. The number of carbonyl (C=O) groups is 1. The summed E-state index contributed by atoms with van der Waals surface area (Å²) in [7, 11) is 1.71. The summed E-state index contributed by atoms with van der Waals surface area (Å²) in [5, 5.41) is 10.7. The van der Waals surface area contributed by atoms with Crippen molar-refractivity contribution < 1.29 is 18.7 Å². The zero-order chi connectivity index (χ0) is 25.1. The lowest BCUT2D eigenvalue weighted by molar-refractivity contribution is -0.118. The van der Waals surface area contributed by atoms with Crippen LogP contribution in [0.15, 0.2) is 29.7 Å². The Morgan fingerprint density at radius 2 is 2.11 bits per heavy atom. The first-order chi connectivity index (χ1) is 17.5. The molecule has 0 unspecified atom stereocenters. The third-order valence-corrected chi connectivity index (χ3v) is 6.31. The number of carbonyl (C=O) groups excluding carboxylic acids is 1. The molecule has 12 nitrogen and oxygen atoms in total. The van der Waals surface area contributed by atoms with Crippen molar-refractivity contribution in [3.8, 4) is 11.8 Å². The van der Waals surface area contributed by atoms with Crippen LogP contribution in [0.5, 0.6) is 11.8 Å². The molecule has 0 saturated carbocycles. The highest BCUT2D eigenvalue weighted by Gasteiger charge is 2.20. The molecule has 2 aliphatic heterocycles. The van der Waals surface area contributed by atoms with Gasteiger partial charge in [0, 0.05) is 25.5 Å². The van der Waals surface area contributed by atoms with Gasteiger partial charge in [-0.1, -0.05) is 11.8 Å². The highest BCUT2D eigenvalue weighted by atomic mass is 32.2. The van der Waals surface area contributed by atoms with Crippen LogP contribution in [0.1, 0.15) is 0 Å². The lowest BCUT2D eigenvalue weighted by atomic mass is 10.1. The molecular weight excluding hydrogens is 489 g/mol. The van der Waals surface area contributed by atoms with Crippen molar-refractivity contribution >= 4 is 51.1 Å². The van der Waals surface area contributed by atoms with Gasteiger partial charge in [-0.3, -0.25) is 4.79 Å². The van der Waals surface area contributed by atoms with Crippen LogP contribution in [-0.4, -0.2) is 76.0 Å². The lowest BCUT2D eigenvalue weighted by Crippen LogP contribution is -2.35. The number of amides is 1. The number of thioether (sulfide) groups is 1. The molecule has 0 aliphatic carbocycles. The smallest absolute Gasteiger partial charge is 0.326 e. The van der Waals surface area contributed by atoms with Crippen molar-refractivity contribution in [1.82, 2.24) is 30.2 Å². The number of nitrogens with one attached hydrogen (secondary N) is 4.